The molecule has 0 fully saturated rings. The molecule has 3 nitrogen and oxygen atoms in total. The van der Waals surface area contributed by atoms with Crippen LogP contribution in [0.15, 0.2) is 0 Å². The Morgan fingerprint density at radius 3 is 2.45 bits per heavy atom. The number of carbonyl (C=O) groups excluding carboxylic acids is 2. The Kier molecular flexibility index (Phi) is 4.94. The summed E-state index contributed by atoms with van der Waals surface area (Å²) in [7, 11) is 0. The van der Waals surface area contributed by atoms with E-state index in [4.69, 9.17) is 0 Å². The molecule has 0 aliphatic rings. The minimum Gasteiger partial charge on any atom is -0.383 e. The number of hydrogen-bond donors (Lipinski definition) is 0. The maximum absolute atomic E-state index is 10.9. The van der Waals surface area contributed by atoms with Crippen LogP contribution < -0.4 is 0 Å². The fraction of sp³-hybridized carbons (Fsp3) is 0.714. The molecule has 64 valence electrons. The number of rotatable bonds is 2. The van der Waals surface area contributed by atoms with E-state index in [-0.39, 0.29) is 17.0 Å². The molecule has 0 bridgehead atoms. The molecule has 0 amide bonds. The van der Waals surface area contributed by atoms with Gasteiger partial charge >= 0.3 is 5.97 Å². The summed E-state index contributed by atoms with van der Waals surface area (Å²) >= 11 is 0.595. The van der Waals surface area contributed by atoms with Crippen molar-refractivity contribution in [3.8, 4) is 0 Å². The van der Waals surface area contributed by atoms with Crippen molar-refractivity contribution in [2.45, 2.75) is 27.2 Å². The maximum atomic E-state index is 10.9. The lowest BCUT2D eigenvalue weighted by Gasteiger charge is -2.04. The second-order valence-electron chi connectivity index (χ2n) is 2.29. The molecule has 0 rings (SSSR count). The fourth-order valence-corrected chi connectivity index (χ4v) is 0.712. The quantitative estimate of drug-likeness (QED) is 0.601. The van der Waals surface area contributed by atoms with Crippen LogP contribution in [0.25, 0.3) is 0 Å². The number of carbonyl (C=O) groups is 2. The third-order valence-electron chi connectivity index (χ3n) is 1.26. The summed E-state index contributed by atoms with van der Waals surface area (Å²) in [6, 6.07) is 0. The predicted molar refractivity (Wildman–Crippen MR) is 43.8 cm³/mol. The van der Waals surface area contributed by atoms with E-state index in [0.717, 1.165) is 6.42 Å². The summed E-state index contributed by atoms with van der Waals surface area (Å²) < 4.78 is 4.58. The first-order valence-corrected chi connectivity index (χ1v) is 4.21. The van der Waals surface area contributed by atoms with Gasteiger partial charge in [-0.2, -0.15) is 0 Å². The molecule has 4 heteroatoms. The first kappa shape index (κ1) is 10.5. The van der Waals surface area contributed by atoms with Crippen LogP contribution in [-0.2, 0) is 13.8 Å². The van der Waals surface area contributed by atoms with Crippen LogP contribution >= 0.6 is 12.0 Å². The van der Waals surface area contributed by atoms with E-state index in [1.807, 2.05) is 6.92 Å². The molecule has 0 aliphatic carbocycles. The molecule has 0 aliphatic heterocycles. The first-order chi connectivity index (χ1) is 5.07. The largest absolute Gasteiger partial charge is 0.383 e. The zero-order chi connectivity index (χ0) is 8.85. The first-order valence-electron chi connectivity index (χ1n) is 3.46. The van der Waals surface area contributed by atoms with Crippen molar-refractivity contribution >= 4 is 23.1 Å². The van der Waals surface area contributed by atoms with E-state index in [2.05, 4.69) is 4.18 Å². The van der Waals surface area contributed by atoms with Crippen LogP contribution in [0, 0.1) is 5.92 Å². The minimum absolute atomic E-state index is 0.123. The molecule has 0 aromatic rings. The lowest BCUT2D eigenvalue weighted by atomic mass is 10.1. The fourth-order valence-electron chi connectivity index (χ4n) is 0.349. The van der Waals surface area contributed by atoms with Gasteiger partial charge in [-0.3, -0.25) is 9.59 Å². The van der Waals surface area contributed by atoms with Gasteiger partial charge in [0.15, 0.2) is 0 Å². The third-order valence-corrected chi connectivity index (χ3v) is 1.74. The monoisotopic (exact) mass is 176 g/mol. The maximum Gasteiger partial charge on any atom is 0.321 e. The summed E-state index contributed by atoms with van der Waals surface area (Å²) in [4.78, 5) is 21.2. The summed E-state index contributed by atoms with van der Waals surface area (Å²) in [6.07, 6.45) is 0.733. The molecule has 0 radical (unpaired) electrons. The standard InChI is InChI=1S/C7H12O3S/c1-4-5(2)7(9)10-11-6(3)8/h5H,4H2,1-3H3. The molecular formula is C7H12O3S. The van der Waals surface area contributed by atoms with E-state index in [1.165, 1.54) is 6.92 Å². The van der Waals surface area contributed by atoms with E-state index >= 15 is 0 Å². The smallest absolute Gasteiger partial charge is 0.321 e. The average molecular weight is 176 g/mol. The Balaban J connectivity index is 3.60. The van der Waals surface area contributed by atoms with Crippen LogP contribution in [0.5, 0.6) is 0 Å². The van der Waals surface area contributed by atoms with Crippen molar-refractivity contribution < 1.29 is 13.8 Å². The molecule has 0 aromatic heterocycles. The van der Waals surface area contributed by atoms with Crippen LogP contribution in [0.3, 0.4) is 0 Å². The lowest BCUT2D eigenvalue weighted by molar-refractivity contribution is -0.137. The predicted octanol–water partition coefficient (Wildman–Crippen LogP) is 1.77. The van der Waals surface area contributed by atoms with Crippen LogP contribution in [0.2, 0.25) is 0 Å². The molecular weight excluding hydrogens is 164 g/mol. The van der Waals surface area contributed by atoms with Crippen molar-refractivity contribution in [1.29, 1.82) is 0 Å². The van der Waals surface area contributed by atoms with E-state index in [0.29, 0.717) is 12.0 Å². The zero-order valence-electron chi connectivity index (χ0n) is 6.92. The van der Waals surface area contributed by atoms with Gasteiger partial charge < -0.3 is 4.18 Å². The lowest BCUT2D eigenvalue weighted by Crippen LogP contribution is -2.10. The van der Waals surface area contributed by atoms with Gasteiger partial charge in [-0.05, 0) is 6.42 Å². The Hall–Kier alpha value is -0.510. The molecule has 0 heterocycles. The average Bonchev–Trinajstić information content (AvgIpc) is 1.98. The third kappa shape index (κ3) is 4.84. The highest BCUT2D eigenvalue weighted by Crippen LogP contribution is 2.10. The van der Waals surface area contributed by atoms with Crippen molar-refractivity contribution in [1.82, 2.24) is 0 Å². The highest BCUT2D eigenvalue weighted by molar-refractivity contribution is 8.09. The molecule has 0 saturated heterocycles. The van der Waals surface area contributed by atoms with Gasteiger partial charge in [-0.25, -0.2) is 0 Å². The van der Waals surface area contributed by atoms with Gasteiger partial charge in [0.05, 0.1) is 5.92 Å². The normalized spacial score (nSPS) is 12.3. The van der Waals surface area contributed by atoms with Gasteiger partial charge in [-0.15, -0.1) is 0 Å². The van der Waals surface area contributed by atoms with Gasteiger partial charge in [0, 0.05) is 6.92 Å². The SMILES string of the molecule is CCC(C)C(=O)OSC(C)=O. The van der Waals surface area contributed by atoms with Crippen molar-refractivity contribution in [2.75, 3.05) is 0 Å². The molecule has 0 aromatic carbocycles. The van der Waals surface area contributed by atoms with Crippen molar-refractivity contribution in [3.63, 3.8) is 0 Å². The molecule has 0 spiro atoms. The van der Waals surface area contributed by atoms with Crippen molar-refractivity contribution in [2.24, 2.45) is 5.92 Å². The van der Waals surface area contributed by atoms with Gasteiger partial charge in [0.2, 0.25) is 5.12 Å². The van der Waals surface area contributed by atoms with Gasteiger partial charge in [0.25, 0.3) is 0 Å². The summed E-state index contributed by atoms with van der Waals surface area (Å²) in [5, 5.41) is -0.207. The molecule has 0 saturated carbocycles. The topological polar surface area (TPSA) is 43.4 Å². The second-order valence-corrected chi connectivity index (χ2v) is 3.19. The molecule has 0 N–H and O–H groups in total. The highest BCUT2D eigenvalue weighted by Gasteiger charge is 2.13. The zero-order valence-corrected chi connectivity index (χ0v) is 7.73. The Labute approximate surface area is 70.7 Å². The van der Waals surface area contributed by atoms with Crippen LogP contribution in [-0.4, -0.2) is 11.1 Å². The molecule has 11 heavy (non-hydrogen) atoms. The van der Waals surface area contributed by atoms with E-state index in [1.54, 1.807) is 6.92 Å². The van der Waals surface area contributed by atoms with Crippen molar-refractivity contribution in [3.05, 3.63) is 0 Å². The Morgan fingerprint density at radius 1 is 1.55 bits per heavy atom. The minimum atomic E-state index is -0.326. The van der Waals surface area contributed by atoms with Crippen LogP contribution in [0.4, 0.5) is 0 Å². The highest BCUT2D eigenvalue weighted by atomic mass is 32.2. The summed E-state index contributed by atoms with van der Waals surface area (Å²) in [5.74, 6) is -0.449. The Bertz CT molecular complexity index is 156. The molecule has 1 unspecified atom stereocenters. The van der Waals surface area contributed by atoms with Gasteiger partial charge in [0.1, 0.15) is 12.0 Å². The Morgan fingerprint density at radius 2 is 2.09 bits per heavy atom. The van der Waals surface area contributed by atoms with Gasteiger partial charge in [-0.1, -0.05) is 13.8 Å². The van der Waals surface area contributed by atoms with E-state index < -0.39 is 0 Å². The van der Waals surface area contributed by atoms with Crippen LogP contribution in [0.1, 0.15) is 27.2 Å². The second kappa shape index (κ2) is 5.18. The van der Waals surface area contributed by atoms with E-state index in [9.17, 15) is 9.59 Å². The summed E-state index contributed by atoms with van der Waals surface area (Å²) in [6.45, 7) is 5.02. The number of hydrogen-bond acceptors (Lipinski definition) is 4. The summed E-state index contributed by atoms with van der Waals surface area (Å²) in [5.41, 5.74) is 0. The molecule has 1 atom stereocenters.